The Kier molecular flexibility index (Phi) is 7.01. The van der Waals surface area contributed by atoms with Gasteiger partial charge in [0.25, 0.3) is 0 Å². The van der Waals surface area contributed by atoms with Crippen LogP contribution in [0, 0.1) is 5.92 Å². The number of hydrogen-bond donors (Lipinski definition) is 0. The van der Waals surface area contributed by atoms with E-state index in [1.54, 1.807) is 0 Å². The Balaban J connectivity index is 1.26. The molecule has 1 saturated carbocycles. The van der Waals surface area contributed by atoms with E-state index in [0.717, 1.165) is 84.7 Å². The van der Waals surface area contributed by atoms with Crippen molar-refractivity contribution in [3.63, 3.8) is 0 Å². The van der Waals surface area contributed by atoms with Gasteiger partial charge in [-0.1, -0.05) is 29.3 Å². The van der Waals surface area contributed by atoms with Gasteiger partial charge in [-0.05, 0) is 62.3 Å². The van der Waals surface area contributed by atoms with Crippen LogP contribution in [0.15, 0.2) is 18.2 Å². The van der Waals surface area contributed by atoms with Gasteiger partial charge in [0, 0.05) is 57.1 Å². The number of halogens is 2. The number of nitrogens with zero attached hydrogens (tertiary/aromatic N) is 3. The molecule has 4 aliphatic rings. The Bertz CT molecular complexity index is 821. The van der Waals surface area contributed by atoms with Crippen molar-refractivity contribution in [3.05, 3.63) is 33.8 Å². The van der Waals surface area contributed by atoms with Crippen LogP contribution in [0.5, 0.6) is 0 Å². The molecule has 4 fully saturated rings. The van der Waals surface area contributed by atoms with Gasteiger partial charge in [-0.15, -0.1) is 0 Å². The van der Waals surface area contributed by atoms with E-state index in [9.17, 15) is 4.79 Å². The van der Waals surface area contributed by atoms with Crippen molar-refractivity contribution in [2.45, 2.75) is 50.0 Å². The summed E-state index contributed by atoms with van der Waals surface area (Å²) >= 11 is 12.7. The fourth-order valence-electron chi connectivity index (χ4n) is 5.72. The first-order chi connectivity index (χ1) is 15.5. The van der Waals surface area contributed by atoms with E-state index in [4.69, 9.17) is 27.9 Å². The maximum Gasteiger partial charge on any atom is 0.222 e. The van der Waals surface area contributed by atoms with Crippen molar-refractivity contribution in [1.29, 1.82) is 0 Å². The maximum atomic E-state index is 13.0. The molecule has 7 heteroatoms. The highest BCUT2D eigenvalue weighted by molar-refractivity contribution is 6.42. The van der Waals surface area contributed by atoms with Crippen molar-refractivity contribution < 1.29 is 9.53 Å². The SMILES string of the molecule is O=C(CC1CC1)N1CCCC(CCN2CC(N3CCOCC3)C2)(c2ccc(Cl)c(Cl)c2)C1. The lowest BCUT2D eigenvalue weighted by Gasteiger charge is -2.49. The summed E-state index contributed by atoms with van der Waals surface area (Å²) in [6.45, 7) is 8.88. The lowest BCUT2D eigenvalue weighted by Crippen LogP contribution is -2.62. The molecule has 1 aromatic rings. The molecule has 5 rings (SSSR count). The summed E-state index contributed by atoms with van der Waals surface area (Å²) in [6.07, 6.45) is 6.36. The topological polar surface area (TPSA) is 36.0 Å². The molecule has 176 valence electrons. The zero-order valence-corrected chi connectivity index (χ0v) is 20.4. The van der Waals surface area contributed by atoms with Gasteiger partial charge in [-0.25, -0.2) is 0 Å². The third kappa shape index (κ3) is 5.12. The highest BCUT2D eigenvalue weighted by Crippen LogP contribution is 2.41. The van der Waals surface area contributed by atoms with E-state index >= 15 is 0 Å². The minimum absolute atomic E-state index is 0.0459. The van der Waals surface area contributed by atoms with Gasteiger partial charge < -0.3 is 14.5 Å². The first-order valence-corrected chi connectivity index (χ1v) is 13.1. The largest absolute Gasteiger partial charge is 0.379 e. The van der Waals surface area contributed by atoms with Crippen molar-refractivity contribution in [2.75, 3.05) is 59.0 Å². The summed E-state index contributed by atoms with van der Waals surface area (Å²) in [5, 5.41) is 1.21. The van der Waals surface area contributed by atoms with Crippen molar-refractivity contribution in [2.24, 2.45) is 5.92 Å². The Morgan fingerprint density at radius 2 is 1.88 bits per heavy atom. The maximum absolute atomic E-state index is 13.0. The van der Waals surface area contributed by atoms with Crippen LogP contribution in [-0.4, -0.2) is 85.7 Å². The number of rotatable bonds is 7. The van der Waals surface area contributed by atoms with Gasteiger partial charge >= 0.3 is 0 Å². The fraction of sp³-hybridized carbons (Fsp3) is 0.720. The van der Waals surface area contributed by atoms with Gasteiger partial charge in [0.15, 0.2) is 0 Å². The van der Waals surface area contributed by atoms with Gasteiger partial charge in [0.05, 0.1) is 23.3 Å². The summed E-state index contributed by atoms with van der Waals surface area (Å²) in [5.41, 5.74) is 1.19. The molecule has 3 heterocycles. The third-order valence-electron chi connectivity index (χ3n) is 8.03. The first kappa shape index (κ1) is 22.9. The predicted molar refractivity (Wildman–Crippen MR) is 129 cm³/mol. The number of carbonyl (C=O) groups excluding carboxylic acids is 1. The molecule has 0 spiro atoms. The van der Waals surface area contributed by atoms with E-state index < -0.39 is 0 Å². The monoisotopic (exact) mass is 479 g/mol. The molecule has 32 heavy (non-hydrogen) atoms. The zero-order chi connectivity index (χ0) is 22.1. The molecule has 0 N–H and O–H groups in total. The average Bonchev–Trinajstić information content (AvgIpc) is 3.59. The van der Waals surface area contributed by atoms with Gasteiger partial charge in [0.2, 0.25) is 5.91 Å². The Labute approximate surface area is 202 Å². The van der Waals surface area contributed by atoms with Gasteiger partial charge in [0.1, 0.15) is 0 Å². The van der Waals surface area contributed by atoms with Crippen molar-refractivity contribution in [1.82, 2.24) is 14.7 Å². The molecular weight excluding hydrogens is 445 g/mol. The lowest BCUT2D eigenvalue weighted by molar-refractivity contribution is -0.134. The highest BCUT2D eigenvalue weighted by Gasteiger charge is 2.41. The second-order valence-electron chi connectivity index (χ2n) is 10.3. The fourth-order valence-corrected chi connectivity index (χ4v) is 6.02. The second-order valence-corrected chi connectivity index (χ2v) is 11.1. The minimum Gasteiger partial charge on any atom is -0.379 e. The molecular formula is C25H35Cl2N3O2. The number of piperidine rings is 1. The van der Waals surface area contributed by atoms with Crippen LogP contribution in [-0.2, 0) is 14.9 Å². The number of carbonyl (C=O) groups is 1. The molecule has 0 aromatic heterocycles. The normalized spacial score (nSPS) is 28.0. The van der Waals surface area contributed by atoms with E-state index in [0.29, 0.717) is 27.9 Å². The van der Waals surface area contributed by atoms with Gasteiger partial charge in [-0.2, -0.15) is 0 Å². The average molecular weight is 480 g/mol. The molecule has 0 radical (unpaired) electrons. The highest BCUT2D eigenvalue weighted by atomic mass is 35.5. The number of likely N-dealkylation sites (tertiary alicyclic amines) is 2. The molecule has 3 aliphatic heterocycles. The quantitative estimate of drug-likeness (QED) is 0.590. The third-order valence-corrected chi connectivity index (χ3v) is 8.77. The summed E-state index contributed by atoms with van der Waals surface area (Å²) in [4.78, 5) is 20.3. The number of benzene rings is 1. The summed E-state index contributed by atoms with van der Waals surface area (Å²) in [6, 6.07) is 6.77. The summed E-state index contributed by atoms with van der Waals surface area (Å²) < 4.78 is 5.50. The van der Waals surface area contributed by atoms with Crippen LogP contribution in [0.1, 0.15) is 44.1 Å². The van der Waals surface area contributed by atoms with Crippen LogP contribution >= 0.6 is 23.2 Å². The van der Waals surface area contributed by atoms with Crippen LogP contribution < -0.4 is 0 Å². The summed E-state index contributed by atoms with van der Waals surface area (Å²) in [7, 11) is 0. The van der Waals surface area contributed by atoms with Crippen LogP contribution in [0.3, 0.4) is 0 Å². The second kappa shape index (κ2) is 9.79. The number of morpholine rings is 1. The molecule has 1 unspecified atom stereocenters. The van der Waals surface area contributed by atoms with E-state index in [1.807, 2.05) is 12.1 Å². The predicted octanol–water partition coefficient (Wildman–Crippen LogP) is 4.06. The van der Waals surface area contributed by atoms with Crippen LogP contribution in [0.2, 0.25) is 10.0 Å². The number of hydrogen-bond acceptors (Lipinski definition) is 4. The van der Waals surface area contributed by atoms with E-state index in [1.165, 1.54) is 18.4 Å². The van der Waals surface area contributed by atoms with Gasteiger partial charge in [-0.3, -0.25) is 9.69 Å². The molecule has 1 atom stereocenters. The molecule has 1 aliphatic carbocycles. The van der Waals surface area contributed by atoms with Crippen molar-refractivity contribution in [3.8, 4) is 0 Å². The molecule has 3 saturated heterocycles. The van der Waals surface area contributed by atoms with E-state index in [2.05, 4.69) is 20.8 Å². The first-order valence-electron chi connectivity index (χ1n) is 12.3. The molecule has 0 bridgehead atoms. The van der Waals surface area contributed by atoms with Crippen LogP contribution in [0.4, 0.5) is 0 Å². The van der Waals surface area contributed by atoms with Crippen molar-refractivity contribution >= 4 is 29.1 Å². The number of amides is 1. The lowest BCUT2D eigenvalue weighted by atomic mass is 9.71. The standard InChI is InChI=1S/C25H35Cl2N3O2/c26-22-5-4-20(15-23(22)27)25(6-1-8-30(18-25)24(31)14-19-2-3-19)7-9-28-16-21(17-28)29-10-12-32-13-11-29/h4-5,15,19,21H,1-3,6-14,16-18H2. The Morgan fingerprint density at radius 3 is 2.59 bits per heavy atom. The molecule has 5 nitrogen and oxygen atoms in total. The molecule has 1 aromatic carbocycles. The minimum atomic E-state index is -0.0459. The smallest absolute Gasteiger partial charge is 0.222 e. The number of ether oxygens (including phenoxy) is 1. The molecule has 1 amide bonds. The van der Waals surface area contributed by atoms with E-state index in [-0.39, 0.29) is 5.41 Å². The Hall–Kier alpha value is -0.850. The summed E-state index contributed by atoms with van der Waals surface area (Å²) in [5.74, 6) is 0.968. The zero-order valence-electron chi connectivity index (χ0n) is 18.9. The Morgan fingerprint density at radius 1 is 1.09 bits per heavy atom. The van der Waals surface area contributed by atoms with Crippen LogP contribution in [0.25, 0.3) is 0 Å².